The van der Waals surface area contributed by atoms with Crippen molar-refractivity contribution in [3.63, 3.8) is 0 Å². The largest absolute Gasteiger partial charge is 0.354 e. The summed E-state index contributed by atoms with van der Waals surface area (Å²) in [6, 6.07) is 0. The van der Waals surface area contributed by atoms with Crippen LogP contribution < -0.4 is 5.32 Å². The molecule has 1 N–H and O–H groups in total. The number of guanidine groups is 1. The molecule has 1 fully saturated rings. The molecule has 2 rings (SSSR count). The molecule has 1 atom stereocenters. The minimum atomic E-state index is 0.812. The summed E-state index contributed by atoms with van der Waals surface area (Å²) in [6.07, 6.45) is 1.28. The second kappa shape index (κ2) is 4.22. The van der Waals surface area contributed by atoms with Crippen molar-refractivity contribution in [2.75, 3.05) is 31.9 Å². The molecular weight excluding hydrogens is 182 g/mol. The van der Waals surface area contributed by atoms with E-state index < -0.39 is 0 Å². The Balaban J connectivity index is 1.91. The molecule has 0 saturated carbocycles. The molecule has 74 valence electrons. The molecule has 13 heavy (non-hydrogen) atoms. The van der Waals surface area contributed by atoms with E-state index in [0.29, 0.717) is 0 Å². The van der Waals surface area contributed by atoms with Gasteiger partial charge >= 0.3 is 0 Å². The van der Waals surface area contributed by atoms with Crippen molar-refractivity contribution in [2.45, 2.75) is 18.6 Å². The second-order valence-corrected chi connectivity index (χ2v) is 5.14. The highest BCUT2D eigenvalue weighted by Gasteiger charge is 2.18. The van der Waals surface area contributed by atoms with Crippen molar-refractivity contribution < 1.29 is 0 Å². The van der Waals surface area contributed by atoms with Gasteiger partial charge in [-0.3, -0.25) is 4.99 Å². The van der Waals surface area contributed by atoms with Crippen molar-refractivity contribution in [1.82, 2.24) is 10.2 Å². The average molecular weight is 199 g/mol. The lowest BCUT2D eigenvalue weighted by Crippen LogP contribution is -2.40. The van der Waals surface area contributed by atoms with Crippen LogP contribution in [0, 0.1) is 0 Å². The molecule has 2 aliphatic rings. The first-order chi connectivity index (χ1) is 6.36. The number of nitrogens with zero attached hydrogens (tertiary/aromatic N) is 2. The van der Waals surface area contributed by atoms with E-state index in [0.717, 1.165) is 30.8 Å². The Bertz CT molecular complexity index is 205. The van der Waals surface area contributed by atoms with Gasteiger partial charge in [0, 0.05) is 30.6 Å². The molecule has 0 radical (unpaired) electrons. The van der Waals surface area contributed by atoms with Gasteiger partial charge in [-0.05, 0) is 6.42 Å². The molecule has 3 nitrogen and oxygen atoms in total. The quantitative estimate of drug-likeness (QED) is 0.624. The maximum Gasteiger partial charge on any atom is 0.194 e. The van der Waals surface area contributed by atoms with Crippen molar-refractivity contribution in [2.24, 2.45) is 4.99 Å². The van der Waals surface area contributed by atoms with Gasteiger partial charge in [0.05, 0.1) is 6.54 Å². The fourth-order valence-corrected chi connectivity index (χ4v) is 2.71. The van der Waals surface area contributed by atoms with Gasteiger partial charge in [0.1, 0.15) is 0 Å². The van der Waals surface area contributed by atoms with E-state index in [9.17, 15) is 0 Å². The number of nitrogens with one attached hydrogen (secondary N) is 1. The summed E-state index contributed by atoms with van der Waals surface area (Å²) in [4.78, 5) is 6.84. The van der Waals surface area contributed by atoms with Crippen LogP contribution in [0.2, 0.25) is 0 Å². The average Bonchev–Trinajstić information content (AvgIpc) is 2.56. The highest BCUT2D eigenvalue weighted by molar-refractivity contribution is 7.99. The van der Waals surface area contributed by atoms with Crippen LogP contribution in [0.5, 0.6) is 0 Å². The van der Waals surface area contributed by atoms with Crippen LogP contribution in [-0.2, 0) is 0 Å². The highest BCUT2D eigenvalue weighted by atomic mass is 32.2. The van der Waals surface area contributed by atoms with Gasteiger partial charge < -0.3 is 10.2 Å². The molecular formula is C9H17N3S. The van der Waals surface area contributed by atoms with Gasteiger partial charge in [-0.1, -0.05) is 6.92 Å². The molecule has 0 aliphatic carbocycles. The SMILES string of the molecule is CC1CCN(C2=NCCN2)CCS1. The molecule has 2 heterocycles. The normalized spacial score (nSPS) is 29.5. The van der Waals surface area contributed by atoms with Gasteiger partial charge in [-0.15, -0.1) is 0 Å². The van der Waals surface area contributed by atoms with Crippen LogP contribution in [-0.4, -0.2) is 48.0 Å². The summed E-state index contributed by atoms with van der Waals surface area (Å²) < 4.78 is 0. The van der Waals surface area contributed by atoms with Crippen LogP contribution in [0.4, 0.5) is 0 Å². The maximum atomic E-state index is 4.45. The van der Waals surface area contributed by atoms with Gasteiger partial charge in [0.2, 0.25) is 0 Å². The topological polar surface area (TPSA) is 27.6 Å². The lowest BCUT2D eigenvalue weighted by Gasteiger charge is -2.21. The first kappa shape index (κ1) is 9.19. The Morgan fingerprint density at radius 1 is 1.54 bits per heavy atom. The zero-order chi connectivity index (χ0) is 9.10. The fourth-order valence-electron chi connectivity index (χ4n) is 1.71. The van der Waals surface area contributed by atoms with E-state index in [4.69, 9.17) is 0 Å². The number of rotatable bonds is 0. The summed E-state index contributed by atoms with van der Waals surface area (Å²) in [5.74, 6) is 2.37. The minimum Gasteiger partial charge on any atom is -0.354 e. The lowest BCUT2D eigenvalue weighted by molar-refractivity contribution is 0.431. The maximum absolute atomic E-state index is 4.45. The summed E-state index contributed by atoms with van der Waals surface area (Å²) in [7, 11) is 0. The zero-order valence-electron chi connectivity index (χ0n) is 8.12. The third-order valence-electron chi connectivity index (χ3n) is 2.53. The number of thioether (sulfide) groups is 1. The Labute approximate surface area is 84.0 Å². The van der Waals surface area contributed by atoms with Gasteiger partial charge in [-0.25, -0.2) is 0 Å². The van der Waals surface area contributed by atoms with Crippen molar-refractivity contribution in [3.8, 4) is 0 Å². The molecule has 4 heteroatoms. The van der Waals surface area contributed by atoms with E-state index >= 15 is 0 Å². The van der Waals surface area contributed by atoms with Gasteiger partial charge in [0.15, 0.2) is 5.96 Å². The Morgan fingerprint density at radius 3 is 3.23 bits per heavy atom. The number of hydrogen-bond acceptors (Lipinski definition) is 4. The third kappa shape index (κ3) is 2.30. The monoisotopic (exact) mass is 199 g/mol. The molecule has 0 aromatic heterocycles. The van der Waals surface area contributed by atoms with Crippen LogP contribution in [0.25, 0.3) is 0 Å². The van der Waals surface area contributed by atoms with E-state index in [1.165, 1.54) is 18.7 Å². The van der Waals surface area contributed by atoms with E-state index in [-0.39, 0.29) is 0 Å². The minimum absolute atomic E-state index is 0.812. The van der Waals surface area contributed by atoms with Crippen molar-refractivity contribution in [1.29, 1.82) is 0 Å². The van der Waals surface area contributed by atoms with Gasteiger partial charge in [0.25, 0.3) is 0 Å². The standard InChI is InChI=1S/C9H17N3S/c1-8-2-5-12(6-7-13-8)9-10-3-4-11-9/h8H,2-7H2,1H3,(H,10,11). The molecule has 1 saturated heterocycles. The Kier molecular flexibility index (Phi) is 2.98. The van der Waals surface area contributed by atoms with E-state index in [1.54, 1.807) is 0 Å². The molecule has 0 bridgehead atoms. The number of hydrogen-bond donors (Lipinski definition) is 1. The van der Waals surface area contributed by atoms with Crippen molar-refractivity contribution in [3.05, 3.63) is 0 Å². The van der Waals surface area contributed by atoms with Gasteiger partial charge in [-0.2, -0.15) is 11.8 Å². The van der Waals surface area contributed by atoms with E-state index in [1.807, 2.05) is 0 Å². The molecule has 1 unspecified atom stereocenters. The molecule has 0 aromatic rings. The Morgan fingerprint density at radius 2 is 2.46 bits per heavy atom. The summed E-state index contributed by atoms with van der Waals surface area (Å²) >= 11 is 2.08. The zero-order valence-corrected chi connectivity index (χ0v) is 8.94. The third-order valence-corrected chi connectivity index (χ3v) is 3.75. The van der Waals surface area contributed by atoms with Crippen LogP contribution in [0.15, 0.2) is 4.99 Å². The van der Waals surface area contributed by atoms with Crippen LogP contribution >= 0.6 is 11.8 Å². The summed E-state index contributed by atoms with van der Waals surface area (Å²) in [5.41, 5.74) is 0. The van der Waals surface area contributed by atoms with E-state index in [2.05, 4.69) is 33.9 Å². The fraction of sp³-hybridized carbons (Fsp3) is 0.889. The second-order valence-electron chi connectivity index (χ2n) is 3.59. The molecule has 0 aromatic carbocycles. The van der Waals surface area contributed by atoms with Crippen LogP contribution in [0.1, 0.15) is 13.3 Å². The molecule has 0 spiro atoms. The first-order valence-electron chi connectivity index (χ1n) is 5.01. The molecule has 0 amide bonds. The molecule has 2 aliphatic heterocycles. The van der Waals surface area contributed by atoms with Crippen molar-refractivity contribution >= 4 is 17.7 Å². The van der Waals surface area contributed by atoms with Crippen LogP contribution in [0.3, 0.4) is 0 Å². The predicted molar refractivity (Wildman–Crippen MR) is 58.4 cm³/mol. The smallest absolute Gasteiger partial charge is 0.194 e. The first-order valence-corrected chi connectivity index (χ1v) is 6.06. The summed E-state index contributed by atoms with van der Waals surface area (Å²) in [6.45, 7) is 6.61. The predicted octanol–water partition coefficient (Wildman–Crippen LogP) is 0.773. The Hall–Kier alpha value is -0.380. The summed E-state index contributed by atoms with van der Waals surface area (Å²) in [5, 5.41) is 4.15. The lowest BCUT2D eigenvalue weighted by atomic mass is 10.3. The highest BCUT2D eigenvalue weighted by Crippen LogP contribution is 2.18. The number of aliphatic imine (C=N–C) groups is 1.